The summed E-state index contributed by atoms with van der Waals surface area (Å²) in [6.07, 6.45) is -1.26. The van der Waals surface area contributed by atoms with Crippen molar-refractivity contribution >= 4 is 17.6 Å². The number of para-hydroxylation sites is 1. The highest BCUT2D eigenvalue weighted by atomic mass is 19.1. The minimum Gasteiger partial charge on any atom is -0.494 e. The van der Waals surface area contributed by atoms with Crippen molar-refractivity contribution in [3.8, 4) is 11.5 Å². The molecule has 0 aliphatic heterocycles. The Morgan fingerprint density at radius 3 is 2.11 bits per heavy atom. The quantitative estimate of drug-likeness (QED) is 0.713. The summed E-state index contributed by atoms with van der Waals surface area (Å²) in [5, 5.41) is 2.05. The van der Waals surface area contributed by atoms with E-state index in [1.54, 1.807) is 24.3 Å². The summed E-state index contributed by atoms with van der Waals surface area (Å²) in [5.74, 6) is -2.45. The van der Waals surface area contributed by atoms with Gasteiger partial charge in [-0.05, 0) is 50.2 Å². The van der Waals surface area contributed by atoms with E-state index < -0.39 is 41.9 Å². The number of halogens is 2. The lowest BCUT2D eigenvalue weighted by Gasteiger charge is -2.14. The first-order chi connectivity index (χ1) is 12.9. The molecule has 0 spiro atoms. The van der Waals surface area contributed by atoms with Gasteiger partial charge in [0.05, 0.1) is 6.61 Å². The zero-order valence-electron chi connectivity index (χ0n) is 14.8. The molecule has 0 heterocycles. The molecule has 1 atom stereocenters. The lowest BCUT2D eigenvalue weighted by atomic mass is 10.2. The third-order valence-corrected chi connectivity index (χ3v) is 3.38. The fourth-order valence-electron chi connectivity index (χ4n) is 2.07. The maximum atomic E-state index is 13.5. The van der Waals surface area contributed by atoms with Gasteiger partial charge >= 0.3 is 5.97 Å². The van der Waals surface area contributed by atoms with Gasteiger partial charge in [-0.3, -0.25) is 4.79 Å². The Hall–Kier alpha value is -3.16. The minimum atomic E-state index is -1.26. The molecule has 0 fully saturated rings. The van der Waals surface area contributed by atoms with E-state index in [4.69, 9.17) is 14.2 Å². The van der Waals surface area contributed by atoms with Crippen LogP contribution in [0.4, 0.5) is 14.5 Å². The van der Waals surface area contributed by atoms with Crippen LogP contribution in [0.1, 0.15) is 13.8 Å². The molecular formula is C19H19F2NO5. The van der Waals surface area contributed by atoms with Crippen LogP contribution in [0.2, 0.25) is 0 Å². The summed E-state index contributed by atoms with van der Waals surface area (Å²) < 4.78 is 42.5. The molecule has 0 aliphatic rings. The van der Waals surface area contributed by atoms with Crippen LogP contribution in [-0.4, -0.2) is 31.2 Å². The molecule has 144 valence electrons. The monoisotopic (exact) mass is 379 g/mol. The van der Waals surface area contributed by atoms with Crippen molar-refractivity contribution in [2.75, 3.05) is 18.5 Å². The van der Waals surface area contributed by atoms with E-state index in [0.717, 1.165) is 12.1 Å². The highest BCUT2D eigenvalue weighted by Crippen LogP contribution is 2.19. The minimum absolute atomic E-state index is 0.418. The molecule has 8 heteroatoms. The largest absolute Gasteiger partial charge is 0.494 e. The van der Waals surface area contributed by atoms with E-state index in [2.05, 4.69) is 5.32 Å². The van der Waals surface area contributed by atoms with E-state index in [1.165, 1.54) is 13.0 Å². The first kappa shape index (κ1) is 20.2. The molecule has 0 radical (unpaired) electrons. The van der Waals surface area contributed by atoms with Crippen molar-refractivity contribution in [1.29, 1.82) is 0 Å². The fraction of sp³-hybridized carbons (Fsp3) is 0.263. The van der Waals surface area contributed by atoms with E-state index in [-0.39, 0.29) is 0 Å². The van der Waals surface area contributed by atoms with Gasteiger partial charge in [-0.1, -0.05) is 6.07 Å². The van der Waals surface area contributed by atoms with Crippen molar-refractivity contribution in [1.82, 2.24) is 0 Å². The molecule has 6 nitrogen and oxygen atoms in total. The molecule has 0 saturated carbocycles. The Balaban J connectivity index is 1.83. The molecule has 2 rings (SSSR count). The second-order valence-corrected chi connectivity index (χ2v) is 5.41. The van der Waals surface area contributed by atoms with Crippen LogP contribution in [-0.2, 0) is 14.3 Å². The second-order valence-electron chi connectivity index (χ2n) is 5.41. The molecule has 0 aliphatic carbocycles. The fourth-order valence-corrected chi connectivity index (χ4v) is 2.07. The SMILES string of the molecule is CCOc1ccc(OCC(=O)O[C@@H](C)C(=O)Nc2c(F)cccc2F)cc1. The number of carbonyl (C=O) groups is 2. The average molecular weight is 379 g/mol. The van der Waals surface area contributed by atoms with Crippen LogP contribution in [0, 0.1) is 11.6 Å². The predicted molar refractivity (Wildman–Crippen MR) is 93.6 cm³/mol. The zero-order chi connectivity index (χ0) is 19.8. The van der Waals surface area contributed by atoms with Gasteiger partial charge in [-0.15, -0.1) is 0 Å². The number of amides is 1. The van der Waals surface area contributed by atoms with Gasteiger partial charge in [0.2, 0.25) is 0 Å². The molecule has 0 bridgehead atoms. The number of nitrogens with one attached hydrogen (secondary N) is 1. The number of hydrogen-bond donors (Lipinski definition) is 1. The van der Waals surface area contributed by atoms with E-state index in [9.17, 15) is 18.4 Å². The van der Waals surface area contributed by atoms with Crippen molar-refractivity contribution < 1.29 is 32.6 Å². The number of benzene rings is 2. The smallest absolute Gasteiger partial charge is 0.344 e. The molecule has 0 unspecified atom stereocenters. The number of carbonyl (C=O) groups excluding carboxylic acids is 2. The van der Waals surface area contributed by atoms with Crippen molar-refractivity contribution in [2.45, 2.75) is 20.0 Å². The van der Waals surface area contributed by atoms with Crippen molar-refractivity contribution in [2.24, 2.45) is 0 Å². The standard InChI is InChI=1S/C19H19F2NO5/c1-3-25-13-7-9-14(10-8-13)26-11-17(23)27-12(2)19(24)22-18-15(20)5-4-6-16(18)21/h4-10,12H,3,11H2,1-2H3,(H,22,24)/t12-/m0/s1. The molecule has 2 aromatic rings. The molecule has 1 amide bonds. The van der Waals surface area contributed by atoms with Gasteiger partial charge in [0.15, 0.2) is 12.7 Å². The van der Waals surface area contributed by atoms with Crippen LogP contribution in [0.25, 0.3) is 0 Å². The maximum absolute atomic E-state index is 13.5. The van der Waals surface area contributed by atoms with Gasteiger partial charge in [0, 0.05) is 0 Å². The first-order valence-electron chi connectivity index (χ1n) is 8.20. The lowest BCUT2D eigenvalue weighted by Crippen LogP contribution is -2.32. The summed E-state index contributed by atoms with van der Waals surface area (Å²) in [5.41, 5.74) is -0.601. The third kappa shape index (κ3) is 5.95. The molecular weight excluding hydrogens is 360 g/mol. The summed E-state index contributed by atoms with van der Waals surface area (Å²) in [7, 11) is 0. The van der Waals surface area contributed by atoms with Crippen LogP contribution in [0.15, 0.2) is 42.5 Å². The van der Waals surface area contributed by atoms with Gasteiger partial charge in [-0.2, -0.15) is 0 Å². The highest BCUT2D eigenvalue weighted by Gasteiger charge is 2.21. The van der Waals surface area contributed by atoms with Crippen LogP contribution in [0.3, 0.4) is 0 Å². The van der Waals surface area contributed by atoms with E-state index >= 15 is 0 Å². The summed E-state index contributed by atoms with van der Waals surface area (Å²) in [4.78, 5) is 23.7. The number of ether oxygens (including phenoxy) is 3. The number of anilines is 1. The number of rotatable bonds is 8. The Bertz CT molecular complexity index is 775. The summed E-state index contributed by atoms with van der Waals surface area (Å²) in [6.45, 7) is 3.24. The Morgan fingerprint density at radius 1 is 1.00 bits per heavy atom. The normalized spacial score (nSPS) is 11.4. The molecule has 2 aromatic carbocycles. The third-order valence-electron chi connectivity index (χ3n) is 3.38. The van der Waals surface area contributed by atoms with Gasteiger partial charge in [0.1, 0.15) is 28.8 Å². The van der Waals surface area contributed by atoms with Crippen LogP contribution < -0.4 is 14.8 Å². The number of esters is 1. The molecule has 0 saturated heterocycles. The Kier molecular flexibility index (Phi) is 7.10. The van der Waals surface area contributed by atoms with Crippen molar-refractivity contribution in [3.63, 3.8) is 0 Å². The number of hydrogen-bond acceptors (Lipinski definition) is 5. The molecule has 1 N–H and O–H groups in total. The summed E-state index contributed by atoms with van der Waals surface area (Å²) >= 11 is 0. The average Bonchev–Trinajstić information content (AvgIpc) is 2.64. The van der Waals surface area contributed by atoms with Gasteiger partial charge in [0.25, 0.3) is 5.91 Å². The van der Waals surface area contributed by atoms with Gasteiger partial charge < -0.3 is 19.5 Å². The summed E-state index contributed by atoms with van der Waals surface area (Å²) in [6, 6.07) is 9.78. The van der Waals surface area contributed by atoms with E-state index in [1.807, 2.05) is 6.92 Å². The Morgan fingerprint density at radius 2 is 1.56 bits per heavy atom. The van der Waals surface area contributed by atoms with Crippen molar-refractivity contribution in [3.05, 3.63) is 54.1 Å². The highest BCUT2D eigenvalue weighted by molar-refractivity contribution is 5.95. The zero-order valence-corrected chi connectivity index (χ0v) is 14.8. The topological polar surface area (TPSA) is 73.9 Å². The van der Waals surface area contributed by atoms with E-state index in [0.29, 0.717) is 18.1 Å². The second kappa shape index (κ2) is 9.51. The first-order valence-corrected chi connectivity index (χ1v) is 8.20. The predicted octanol–water partition coefficient (Wildman–Crippen LogP) is 3.31. The maximum Gasteiger partial charge on any atom is 0.344 e. The van der Waals surface area contributed by atoms with Gasteiger partial charge in [-0.25, -0.2) is 13.6 Å². The van der Waals surface area contributed by atoms with Crippen LogP contribution in [0.5, 0.6) is 11.5 Å². The Labute approximate surface area is 155 Å². The lowest BCUT2D eigenvalue weighted by molar-refractivity contribution is -0.155. The molecule has 0 aromatic heterocycles. The molecule has 27 heavy (non-hydrogen) atoms. The van der Waals surface area contributed by atoms with Crippen LogP contribution >= 0.6 is 0 Å².